The molecule has 0 aliphatic heterocycles. The summed E-state index contributed by atoms with van der Waals surface area (Å²) < 4.78 is 0. The van der Waals surface area contributed by atoms with Crippen molar-refractivity contribution in [2.45, 2.75) is 19.5 Å². The molecule has 6 nitrogen and oxygen atoms in total. The van der Waals surface area contributed by atoms with Gasteiger partial charge in [0, 0.05) is 34.7 Å². The van der Waals surface area contributed by atoms with Gasteiger partial charge >= 0.3 is 0 Å². The number of para-hydroxylation sites is 2. The molecule has 0 spiro atoms. The highest BCUT2D eigenvalue weighted by molar-refractivity contribution is 5.91. The third-order valence-corrected chi connectivity index (χ3v) is 6.42. The summed E-state index contributed by atoms with van der Waals surface area (Å²) >= 11 is 0. The maximum atomic E-state index is 10.4. The van der Waals surface area contributed by atoms with Gasteiger partial charge in [0.15, 0.2) is 23.0 Å². The Hall–Kier alpha value is -4.58. The van der Waals surface area contributed by atoms with Gasteiger partial charge in [0.05, 0.1) is 0 Å². The van der Waals surface area contributed by atoms with E-state index in [-0.39, 0.29) is 23.0 Å². The quantitative estimate of drug-likeness (QED) is 0.235. The van der Waals surface area contributed by atoms with Crippen LogP contribution in [0.3, 0.4) is 0 Å². The highest BCUT2D eigenvalue weighted by Crippen LogP contribution is 2.53. The summed E-state index contributed by atoms with van der Waals surface area (Å²) in [6, 6.07) is 21.3. The van der Waals surface area contributed by atoms with Crippen LogP contribution in [0, 0.1) is 13.8 Å². The van der Waals surface area contributed by atoms with Gasteiger partial charge in [0.1, 0.15) is 0 Å². The van der Waals surface area contributed by atoms with E-state index in [1.165, 1.54) is 24.6 Å². The Balaban J connectivity index is 1.80. The molecular formula is C29H24N2O4. The van der Waals surface area contributed by atoms with Gasteiger partial charge in [-0.25, -0.2) is 0 Å². The summed E-state index contributed by atoms with van der Waals surface area (Å²) in [6.07, 6.45) is 3.00. The number of benzene rings is 4. The molecule has 0 amide bonds. The molecule has 0 unspecified atom stereocenters. The largest absolute Gasteiger partial charge is 0.504 e. The van der Waals surface area contributed by atoms with Crippen molar-refractivity contribution in [1.29, 1.82) is 0 Å². The molecule has 4 aromatic carbocycles. The van der Waals surface area contributed by atoms with Crippen LogP contribution >= 0.6 is 0 Å². The van der Waals surface area contributed by atoms with Crippen LogP contribution in [0.15, 0.2) is 82.8 Å². The van der Waals surface area contributed by atoms with E-state index in [9.17, 15) is 20.4 Å². The summed E-state index contributed by atoms with van der Waals surface area (Å²) in [5.41, 5.74) is 5.40. The summed E-state index contributed by atoms with van der Waals surface area (Å²) in [6.45, 7) is 4.08. The number of rotatable bonds is 4. The number of phenols is 4. The zero-order valence-corrected chi connectivity index (χ0v) is 19.3. The fourth-order valence-electron chi connectivity index (χ4n) is 4.67. The maximum Gasteiger partial charge on any atom is 0.202 e. The molecule has 1 aliphatic carbocycles. The molecule has 1 aliphatic rings. The summed E-state index contributed by atoms with van der Waals surface area (Å²) in [5.74, 6) is -1.02. The van der Waals surface area contributed by atoms with E-state index < -0.39 is 5.66 Å². The van der Waals surface area contributed by atoms with Crippen molar-refractivity contribution in [3.8, 4) is 34.1 Å². The second-order valence-corrected chi connectivity index (χ2v) is 8.61. The van der Waals surface area contributed by atoms with E-state index >= 15 is 0 Å². The number of hydrogen-bond donors (Lipinski definition) is 4. The molecule has 174 valence electrons. The molecule has 0 heterocycles. The molecule has 0 bridgehead atoms. The number of aryl methyl sites for hydroxylation is 2. The van der Waals surface area contributed by atoms with Gasteiger partial charge in [-0.1, -0.05) is 48.5 Å². The first-order valence-electron chi connectivity index (χ1n) is 11.2. The first-order valence-corrected chi connectivity index (χ1v) is 11.2. The topological polar surface area (TPSA) is 106 Å². The molecule has 0 fully saturated rings. The molecule has 0 radical (unpaired) electrons. The van der Waals surface area contributed by atoms with E-state index in [0.717, 1.165) is 33.4 Å². The molecular weight excluding hydrogens is 440 g/mol. The van der Waals surface area contributed by atoms with E-state index in [1.54, 1.807) is 24.3 Å². The Kier molecular flexibility index (Phi) is 5.29. The van der Waals surface area contributed by atoms with E-state index in [2.05, 4.69) is 0 Å². The Bertz CT molecular complexity index is 1410. The second kappa shape index (κ2) is 8.33. The molecule has 6 heteroatoms. The average Bonchev–Trinajstić information content (AvgIpc) is 3.13. The lowest BCUT2D eigenvalue weighted by molar-refractivity contribution is 0.403. The number of phenolic OH excluding ortho intramolecular Hbond substituents is 4. The third-order valence-electron chi connectivity index (χ3n) is 6.42. The van der Waals surface area contributed by atoms with Crippen LogP contribution < -0.4 is 0 Å². The lowest BCUT2D eigenvalue weighted by Crippen LogP contribution is -2.21. The lowest BCUT2D eigenvalue weighted by atomic mass is 9.96. The molecule has 0 atom stereocenters. The summed E-state index contributed by atoms with van der Waals surface area (Å²) in [4.78, 5) is 9.84. The maximum absolute atomic E-state index is 10.4. The van der Waals surface area contributed by atoms with Gasteiger partial charge in [-0.2, -0.15) is 0 Å². The fraction of sp³-hybridized carbons (Fsp3) is 0.103. The molecule has 0 saturated carbocycles. The molecule has 0 saturated heterocycles. The van der Waals surface area contributed by atoms with Crippen molar-refractivity contribution in [2.75, 3.05) is 0 Å². The molecule has 4 aromatic rings. The summed E-state index contributed by atoms with van der Waals surface area (Å²) in [7, 11) is 0. The minimum absolute atomic E-state index is 0.241. The van der Waals surface area contributed by atoms with Crippen molar-refractivity contribution < 1.29 is 20.4 Å². The van der Waals surface area contributed by atoms with Gasteiger partial charge in [-0.15, -0.1) is 0 Å². The van der Waals surface area contributed by atoms with Crippen molar-refractivity contribution >= 4 is 12.4 Å². The predicted octanol–water partition coefficient (Wildman–Crippen LogP) is 5.55. The number of aliphatic imine (C=N–C) groups is 2. The SMILES string of the molecule is Cc1cccc2c1-c1c(C)cccc1C2(N=Cc1cccc(O)c1O)N=Cc1cccc(O)c1O. The third kappa shape index (κ3) is 3.51. The Morgan fingerprint density at radius 3 is 1.40 bits per heavy atom. The normalized spacial score (nSPS) is 13.9. The Labute approximate surface area is 202 Å². The van der Waals surface area contributed by atoms with Crippen LogP contribution in [0.4, 0.5) is 0 Å². The number of nitrogens with zero attached hydrogens (tertiary/aromatic N) is 2. The van der Waals surface area contributed by atoms with Crippen molar-refractivity contribution in [2.24, 2.45) is 9.98 Å². The van der Waals surface area contributed by atoms with Gasteiger partial charge in [0.25, 0.3) is 0 Å². The van der Waals surface area contributed by atoms with Crippen LogP contribution in [-0.4, -0.2) is 32.9 Å². The zero-order chi connectivity index (χ0) is 24.7. The predicted molar refractivity (Wildman–Crippen MR) is 137 cm³/mol. The highest BCUT2D eigenvalue weighted by atomic mass is 16.3. The smallest absolute Gasteiger partial charge is 0.202 e. The lowest BCUT2D eigenvalue weighted by Gasteiger charge is -2.24. The molecule has 5 rings (SSSR count). The first-order chi connectivity index (χ1) is 16.8. The minimum atomic E-state index is -1.22. The van der Waals surface area contributed by atoms with Gasteiger partial charge < -0.3 is 20.4 Å². The van der Waals surface area contributed by atoms with Crippen LogP contribution in [0.1, 0.15) is 33.4 Å². The number of aromatic hydroxyl groups is 4. The minimum Gasteiger partial charge on any atom is -0.504 e. The van der Waals surface area contributed by atoms with E-state index in [1.807, 2.05) is 50.2 Å². The zero-order valence-electron chi connectivity index (χ0n) is 19.3. The standard InChI is InChI=1S/C29H24N2O4/c1-17-7-3-11-21-25(17)26-18(2)8-4-12-22(26)29(21,30-15-19-9-5-13-23(32)27(19)34)31-16-20-10-6-14-24(33)28(20)35/h3-16,32-35H,1-2H3. The number of fused-ring (bicyclic) bond motifs is 3. The molecule has 35 heavy (non-hydrogen) atoms. The van der Waals surface area contributed by atoms with Gasteiger partial charge in [-0.05, 0) is 60.4 Å². The van der Waals surface area contributed by atoms with Crippen molar-refractivity contribution in [1.82, 2.24) is 0 Å². The van der Waals surface area contributed by atoms with Crippen LogP contribution in [0.2, 0.25) is 0 Å². The summed E-state index contributed by atoms with van der Waals surface area (Å²) in [5, 5.41) is 40.7. The van der Waals surface area contributed by atoms with Crippen molar-refractivity contribution in [3.05, 3.63) is 106 Å². The van der Waals surface area contributed by atoms with Crippen LogP contribution in [0.25, 0.3) is 11.1 Å². The molecule has 4 N–H and O–H groups in total. The first kappa shape index (κ1) is 22.2. The van der Waals surface area contributed by atoms with Gasteiger partial charge in [-0.3, -0.25) is 9.98 Å². The van der Waals surface area contributed by atoms with E-state index in [0.29, 0.717) is 11.1 Å². The molecule has 0 aromatic heterocycles. The fourth-order valence-corrected chi connectivity index (χ4v) is 4.67. The van der Waals surface area contributed by atoms with Gasteiger partial charge in [0.2, 0.25) is 5.66 Å². The monoisotopic (exact) mass is 464 g/mol. The average molecular weight is 465 g/mol. The second-order valence-electron chi connectivity index (χ2n) is 8.61. The van der Waals surface area contributed by atoms with Crippen LogP contribution in [-0.2, 0) is 5.66 Å². The van der Waals surface area contributed by atoms with Crippen molar-refractivity contribution in [3.63, 3.8) is 0 Å². The number of hydrogen-bond acceptors (Lipinski definition) is 6. The Morgan fingerprint density at radius 2 is 0.971 bits per heavy atom. The Morgan fingerprint density at radius 1 is 0.571 bits per heavy atom. The van der Waals surface area contributed by atoms with E-state index in [4.69, 9.17) is 9.98 Å². The highest BCUT2D eigenvalue weighted by Gasteiger charge is 2.44. The van der Waals surface area contributed by atoms with Crippen LogP contribution in [0.5, 0.6) is 23.0 Å².